The molecule has 0 aliphatic carbocycles. The summed E-state index contributed by atoms with van der Waals surface area (Å²) >= 11 is 2.09. The van der Waals surface area contributed by atoms with Crippen molar-refractivity contribution in [1.82, 2.24) is 9.80 Å². The lowest BCUT2D eigenvalue weighted by molar-refractivity contribution is -0.148. The Kier molecular flexibility index (Phi) is 4.21. The number of carbonyl (C=O) groups excluding carboxylic acids is 2. The molecule has 0 spiro atoms. The average Bonchev–Trinajstić information content (AvgIpc) is 2.56. The lowest BCUT2D eigenvalue weighted by Crippen LogP contribution is -2.59. The summed E-state index contributed by atoms with van der Waals surface area (Å²) < 4.78 is 31.5. The van der Waals surface area contributed by atoms with Crippen molar-refractivity contribution in [2.24, 2.45) is 0 Å². The molecule has 0 aromatic carbocycles. The van der Waals surface area contributed by atoms with Crippen LogP contribution in [0.1, 0.15) is 33.6 Å². The maximum atomic E-state index is 13.1. The average molecular weight is 369 g/mol. The number of rotatable bonds is 1. The lowest BCUT2D eigenvalue weighted by Gasteiger charge is -2.41. The number of hydrogen-bond donors (Lipinski definition) is 0. The van der Waals surface area contributed by atoms with Crippen LogP contribution < -0.4 is 0 Å². The highest BCUT2D eigenvalue weighted by Crippen LogP contribution is 2.34. The first-order valence-corrected chi connectivity index (χ1v) is 7.66. The molecule has 2 unspecified atom stereocenters. The predicted octanol–water partition coefficient (Wildman–Crippen LogP) is 2.58. The van der Waals surface area contributed by atoms with Crippen LogP contribution in [-0.2, 0) is 9.53 Å². The summed E-state index contributed by atoms with van der Waals surface area (Å²) in [7, 11) is 0. The number of fused-ring (bicyclic) bond motifs is 2. The van der Waals surface area contributed by atoms with Crippen molar-refractivity contribution in [2.45, 2.75) is 56.1 Å². The summed E-state index contributed by atoms with van der Waals surface area (Å²) in [5.74, 6) is -1.25. The van der Waals surface area contributed by atoms with E-state index >= 15 is 0 Å². The van der Waals surface area contributed by atoms with Crippen molar-refractivity contribution in [1.29, 1.82) is 0 Å². The van der Waals surface area contributed by atoms with Crippen LogP contribution in [0.3, 0.4) is 0 Å². The Bertz CT molecular complexity index is 434. The van der Waals surface area contributed by atoms with Crippen LogP contribution in [0.5, 0.6) is 0 Å². The molecule has 0 aromatic heterocycles. The van der Waals surface area contributed by atoms with Crippen LogP contribution in [0.4, 0.5) is 13.6 Å². The van der Waals surface area contributed by atoms with E-state index in [1.807, 2.05) is 0 Å². The molecule has 8 heteroatoms. The van der Waals surface area contributed by atoms with Gasteiger partial charge in [0, 0.05) is 29.0 Å². The SMILES string of the molecule is CC(C)(C)OC(=O)N1C2CCC1CN(C(=O)C(F)(F)Br)C2. The smallest absolute Gasteiger partial charge is 0.410 e. The molecule has 2 amide bonds. The van der Waals surface area contributed by atoms with Crippen molar-refractivity contribution < 1.29 is 23.1 Å². The summed E-state index contributed by atoms with van der Waals surface area (Å²) in [4.78, 5) is 23.0. The van der Waals surface area contributed by atoms with Crippen molar-refractivity contribution in [3.8, 4) is 0 Å². The first-order valence-electron chi connectivity index (χ1n) is 6.86. The number of halogens is 3. The van der Waals surface area contributed by atoms with Crippen molar-refractivity contribution in [3.05, 3.63) is 0 Å². The van der Waals surface area contributed by atoms with Gasteiger partial charge < -0.3 is 9.64 Å². The molecular weight excluding hydrogens is 350 g/mol. The molecule has 0 saturated carbocycles. The number of nitrogens with zero attached hydrogens (tertiary/aromatic N) is 2. The summed E-state index contributed by atoms with van der Waals surface area (Å²) in [5.41, 5.74) is -0.605. The van der Waals surface area contributed by atoms with Crippen molar-refractivity contribution in [2.75, 3.05) is 13.1 Å². The third-order valence-electron chi connectivity index (χ3n) is 3.62. The molecule has 2 saturated heterocycles. The minimum Gasteiger partial charge on any atom is -0.444 e. The minimum absolute atomic E-state index is 0.121. The van der Waals surface area contributed by atoms with E-state index in [2.05, 4.69) is 15.9 Å². The fourth-order valence-corrected chi connectivity index (χ4v) is 3.11. The quantitative estimate of drug-likeness (QED) is 0.668. The van der Waals surface area contributed by atoms with E-state index in [1.165, 1.54) is 0 Å². The molecule has 2 aliphatic heterocycles. The van der Waals surface area contributed by atoms with E-state index < -0.39 is 22.4 Å². The third-order valence-corrected chi connectivity index (χ3v) is 3.96. The molecule has 2 atom stereocenters. The number of piperazine rings is 1. The number of alkyl halides is 3. The van der Waals surface area contributed by atoms with E-state index in [-0.39, 0.29) is 25.2 Å². The number of amides is 2. The molecule has 5 nitrogen and oxygen atoms in total. The highest BCUT2D eigenvalue weighted by atomic mass is 79.9. The first kappa shape index (κ1) is 16.5. The zero-order chi connectivity index (χ0) is 16.0. The predicted molar refractivity (Wildman–Crippen MR) is 75.3 cm³/mol. The van der Waals surface area contributed by atoms with Crippen molar-refractivity contribution in [3.63, 3.8) is 0 Å². The van der Waals surface area contributed by atoms with Crippen LogP contribution in [-0.4, -0.2) is 57.4 Å². The standard InChI is InChI=1S/C13H19BrF2N2O3/c1-12(2,3)21-11(20)18-8-4-5-9(18)7-17(6-8)10(19)13(14,15)16/h8-9H,4-7H2,1-3H3. The van der Waals surface area contributed by atoms with E-state index in [1.54, 1.807) is 25.7 Å². The number of hydrogen-bond acceptors (Lipinski definition) is 3. The second-order valence-corrected chi connectivity index (χ2v) is 7.48. The van der Waals surface area contributed by atoms with Gasteiger partial charge in [-0.25, -0.2) is 4.79 Å². The molecule has 2 aliphatic rings. The third kappa shape index (κ3) is 3.64. The minimum atomic E-state index is -3.56. The van der Waals surface area contributed by atoms with Gasteiger partial charge in [-0.2, -0.15) is 8.78 Å². The van der Waals surface area contributed by atoms with Gasteiger partial charge >= 0.3 is 16.8 Å². The second kappa shape index (κ2) is 5.37. The van der Waals surface area contributed by atoms with Gasteiger partial charge in [0.2, 0.25) is 0 Å². The fourth-order valence-electron chi connectivity index (χ4n) is 2.86. The van der Waals surface area contributed by atoms with Crippen LogP contribution in [0.15, 0.2) is 0 Å². The van der Waals surface area contributed by atoms with Crippen molar-refractivity contribution >= 4 is 27.9 Å². The highest BCUT2D eigenvalue weighted by molar-refractivity contribution is 9.10. The molecule has 2 rings (SSSR count). The zero-order valence-electron chi connectivity index (χ0n) is 12.2. The zero-order valence-corrected chi connectivity index (χ0v) is 13.8. The monoisotopic (exact) mass is 368 g/mol. The fraction of sp³-hybridized carbons (Fsp3) is 0.846. The highest BCUT2D eigenvalue weighted by Gasteiger charge is 2.49. The lowest BCUT2D eigenvalue weighted by atomic mass is 10.2. The van der Waals surface area contributed by atoms with Gasteiger partial charge in [0.1, 0.15) is 5.60 Å². The summed E-state index contributed by atoms with van der Waals surface area (Å²) in [6, 6.07) is -0.505. The number of carbonyl (C=O) groups is 2. The van der Waals surface area contributed by atoms with Gasteiger partial charge in [-0.15, -0.1) is 0 Å². The molecule has 2 bridgehead atoms. The van der Waals surface area contributed by atoms with Crippen LogP contribution in [0, 0.1) is 0 Å². The summed E-state index contributed by atoms with van der Waals surface area (Å²) in [6.45, 7) is 5.57. The van der Waals surface area contributed by atoms with E-state index in [0.29, 0.717) is 12.8 Å². The molecular formula is C13H19BrF2N2O3. The van der Waals surface area contributed by atoms with Gasteiger partial charge in [-0.05, 0) is 33.6 Å². The maximum absolute atomic E-state index is 13.1. The van der Waals surface area contributed by atoms with E-state index in [4.69, 9.17) is 4.74 Å². The Labute approximate surface area is 130 Å². The van der Waals surface area contributed by atoms with Gasteiger partial charge in [0.15, 0.2) is 0 Å². The number of likely N-dealkylation sites (tertiary alicyclic amines) is 1. The molecule has 120 valence electrons. The Morgan fingerprint density at radius 2 is 1.62 bits per heavy atom. The van der Waals surface area contributed by atoms with E-state index in [9.17, 15) is 18.4 Å². The Balaban J connectivity index is 2.06. The van der Waals surface area contributed by atoms with Gasteiger partial charge in [0.25, 0.3) is 0 Å². The first-order chi connectivity index (χ1) is 9.49. The maximum Gasteiger partial charge on any atom is 0.410 e. The van der Waals surface area contributed by atoms with Crippen LogP contribution in [0.2, 0.25) is 0 Å². The largest absolute Gasteiger partial charge is 0.444 e. The van der Waals surface area contributed by atoms with Crippen LogP contribution >= 0.6 is 15.9 Å². The van der Waals surface area contributed by atoms with Crippen LogP contribution in [0.25, 0.3) is 0 Å². The second-order valence-electron chi connectivity index (χ2n) is 6.48. The Hall–Kier alpha value is -0.920. The van der Waals surface area contributed by atoms with E-state index in [0.717, 1.165) is 4.90 Å². The molecule has 2 fully saturated rings. The number of ether oxygens (including phenoxy) is 1. The summed E-state index contributed by atoms with van der Waals surface area (Å²) in [6.07, 6.45) is 0.955. The van der Waals surface area contributed by atoms with Gasteiger partial charge in [-0.1, -0.05) is 0 Å². The van der Waals surface area contributed by atoms with Gasteiger partial charge in [0.05, 0.1) is 12.1 Å². The Morgan fingerprint density at radius 3 is 2.00 bits per heavy atom. The molecule has 0 radical (unpaired) electrons. The summed E-state index contributed by atoms with van der Waals surface area (Å²) in [5, 5.41) is 0. The molecule has 0 aromatic rings. The topological polar surface area (TPSA) is 49.9 Å². The normalized spacial score (nSPS) is 26.0. The molecule has 21 heavy (non-hydrogen) atoms. The molecule has 0 N–H and O–H groups in total. The molecule has 2 heterocycles. The Morgan fingerprint density at radius 1 is 1.14 bits per heavy atom. The van der Waals surface area contributed by atoms with Gasteiger partial charge in [-0.3, -0.25) is 9.69 Å².